The van der Waals surface area contributed by atoms with Gasteiger partial charge in [-0.05, 0) is 18.2 Å². The Labute approximate surface area is 120 Å². The van der Waals surface area contributed by atoms with Gasteiger partial charge in [0.05, 0.1) is 28.5 Å². The number of hydrogen-bond donors (Lipinski definition) is 2. The van der Waals surface area contributed by atoms with Crippen LogP contribution >= 0.6 is 23.2 Å². The Bertz CT molecular complexity index is 597. The number of anilines is 1. The van der Waals surface area contributed by atoms with Crippen molar-refractivity contribution in [3.63, 3.8) is 0 Å². The van der Waals surface area contributed by atoms with E-state index in [1.54, 1.807) is 29.2 Å². The standard InChI is InChI=1S/C12H12Cl2N4O/c13-10-2-1-8(5-11(10)14)12(19)16-3-4-18-7-9(15)6-17-18/h1-2,5-7H,3-4,15H2,(H,16,19). The number of nitrogen functional groups attached to an aromatic ring is 1. The van der Waals surface area contributed by atoms with Crippen LogP contribution in [0.15, 0.2) is 30.6 Å². The van der Waals surface area contributed by atoms with Crippen LogP contribution < -0.4 is 11.1 Å². The first-order chi connectivity index (χ1) is 9.06. The molecule has 1 amide bonds. The molecular formula is C12H12Cl2N4O. The Morgan fingerprint density at radius 1 is 1.37 bits per heavy atom. The van der Waals surface area contributed by atoms with Crippen LogP contribution in [0.25, 0.3) is 0 Å². The molecule has 0 aliphatic carbocycles. The summed E-state index contributed by atoms with van der Waals surface area (Å²) in [7, 11) is 0. The fourth-order valence-corrected chi connectivity index (χ4v) is 1.82. The van der Waals surface area contributed by atoms with Crippen LogP contribution in [-0.4, -0.2) is 22.2 Å². The first-order valence-electron chi connectivity index (χ1n) is 5.57. The Balaban J connectivity index is 1.89. The summed E-state index contributed by atoms with van der Waals surface area (Å²) in [5, 5.41) is 7.55. The van der Waals surface area contributed by atoms with Crippen LogP contribution in [-0.2, 0) is 6.54 Å². The average Bonchev–Trinajstić information content (AvgIpc) is 2.78. The lowest BCUT2D eigenvalue weighted by Crippen LogP contribution is -2.27. The van der Waals surface area contributed by atoms with Gasteiger partial charge in [-0.15, -0.1) is 0 Å². The highest BCUT2D eigenvalue weighted by molar-refractivity contribution is 6.42. The third-order valence-corrected chi connectivity index (χ3v) is 3.20. The van der Waals surface area contributed by atoms with Crippen molar-refractivity contribution in [3.8, 4) is 0 Å². The number of amides is 1. The maximum Gasteiger partial charge on any atom is 0.251 e. The third-order valence-electron chi connectivity index (χ3n) is 2.46. The molecule has 1 aromatic heterocycles. The minimum absolute atomic E-state index is 0.210. The van der Waals surface area contributed by atoms with E-state index in [0.717, 1.165) is 0 Å². The monoisotopic (exact) mass is 298 g/mol. The summed E-state index contributed by atoms with van der Waals surface area (Å²) in [6.07, 6.45) is 3.26. The van der Waals surface area contributed by atoms with Crippen LogP contribution in [0.5, 0.6) is 0 Å². The molecule has 5 nitrogen and oxygen atoms in total. The number of nitrogens with one attached hydrogen (secondary N) is 1. The SMILES string of the molecule is Nc1cnn(CCNC(=O)c2ccc(Cl)c(Cl)c2)c1. The van der Waals surface area contributed by atoms with Crippen LogP contribution in [0.2, 0.25) is 10.0 Å². The normalized spacial score (nSPS) is 10.4. The van der Waals surface area contributed by atoms with Gasteiger partial charge in [-0.1, -0.05) is 23.2 Å². The van der Waals surface area contributed by atoms with Gasteiger partial charge in [0.2, 0.25) is 0 Å². The zero-order valence-electron chi connectivity index (χ0n) is 9.94. The first kappa shape index (κ1) is 13.7. The quantitative estimate of drug-likeness (QED) is 0.909. The highest BCUT2D eigenvalue weighted by atomic mass is 35.5. The second kappa shape index (κ2) is 5.95. The number of rotatable bonds is 4. The highest BCUT2D eigenvalue weighted by Gasteiger charge is 2.07. The van der Waals surface area contributed by atoms with E-state index in [4.69, 9.17) is 28.9 Å². The molecule has 0 bridgehead atoms. The molecule has 0 radical (unpaired) electrons. The average molecular weight is 299 g/mol. The molecule has 0 aliphatic rings. The fourth-order valence-electron chi connectivity index (χ4n) is 1.53. The van der Waals surface area contributed by atoms with Crippen molar-refractivity contribution in [2.24, 2.45) is 0 Å². The summed E-state index contributed by atoms with van der Waals surface area (Å²) in [4.78, 5) is 11.8. The number of halogens is 2. The lowest BCUT2D eigenvalue weighted by Gasteiger charge is -2.06. The van der Waals surface area contributed by atoms with Gasteiger partial charge in [-0.25, -0.2) is 0 Å². The van der Waals surface area contributed by atoms with Crippen molar-refractivity contribution < 1.29 is 4.79 Å². The Hall–Kier alpha value is -1.72. The van der Waals surface area contributed by atoms with Crippen LogP contribution in [0, 0.1) is 0 Å². The molecule has 0 spiro atoms. The van der Waals surface area contributed by atoms with Gasteiger partial charge in [0.15, 0.2) is 0 Å². The number of nitrogens with two attached hydrogens (primary N) is 1. The van der Waals surface area contributed by atoms with Crippen LogP contribution in [0.1, 0.15) is 10.4 Å². The van der Waals surface area contributed by atoms with Crippen molar-refractivity contribution in [1.82, 2.24) is 15.1 Å². The Kier molecular flexibility index (Phi) is 4.29. The van der Waals surface area contributed by atoms with E-state index < -0.39 is 0 Å². The summed E-state index contributed by atoms with van der Waals surface area (Å²) in [5.41, 5.74) is 6.59. The van der Waals surface area contributed by atoms with E-state index in [9.17, 15) is 4.79 Å². The number of aromatic nitrogens is 2. The first-order valence-corrected chi connectivity index (χ1v) is 6.33. The Morgan fingerprint density at radius 3 is 2.79 bits per heavy atom. The number of nitrogens with zero attached hydrogens (tertiary/aromatic N) is 2. The van der Waals surface area contributed by atoms with Crippen molar-refractivity contribution in [3.05, 3.63) is 46.2 Å². The molecule has 7 heteroatoms. The van der Waals surface area contributed by atoms with Crippen molar-refractivity contribution in [2.45, 2.75) is 6.54 Å². The van der Waals surface area contributed by atoms with Crippen molar-refractivity contribution in [1.29, 1.82) is 0 Å². The maximum absolute atomic E-state index is 11.8. The lowest BCUT2D eigenvalue weighted by atomic mass is 10.2. The lowest BCUT2D eigenvalue weighted by molar-refractivity contribution is 0.0952. The maximum atomic E-state index is 11.8. The molecule has 0 atom stereocenters. The predicted octanol–water partition coefficient (Wildman–Crippen LogP) is 2.20. The molecular weight excluding hydrogens is 287 g/mol. The summed E-state index contributed by atoms with van der Waals surface area (Å²) >= 11 is 11.6. The molecule has 2 rings (SSSR count). The smallest absolute Gasteiger partial charge is 0.251 e. The zero-order valence-corrected chi connectivity index (χ0v) is 11.4. The van der Waals surface area contributed by atoms with E-state index in [0.29, 0.717) is 34.4 Å². The molecule has 2 aromatic rings. The third kappa shape index (κ3) is 3.62. The zero-order chi connectivity index (χ0) is 13.8. The Morgan fingerprint density at radius 2 is 2.16 bits per heavy atom. The van der Waals surface area contributed by atoms with E-state index in [2.05, 4.69) is 10.4 Å². The molecule has 3 N–H and O–H groups in total. The second-order valence-electron chi connectivity index (χ2n) is 3.92. The van der Waals surface area contributed by atoms with Gasteiger partial charge in [-0.3, -0.25) is 9.48 Å². The summed E-state index contributed by atoms with van der Waals surface area (Å²) in [5.74, 6) is -0.210. The van der Waals surface area contributed by atoms with Crippen LogP contribution in [0.4, 0.5) is 5.69 Å². The van der Waals surface area contributed by atoms with Crippen molar-refractivity contribution in [2.75, 3.05) is 12.3 Å². The number of carbonyl (C=O) groups excluding carboxylic acids is 1. The molecule has 0 saturated carbocycles. The molecule has 0 saturated heterocycles. The molecule has 0 fully saturated rings. The molecule has 1 aromatic carbocycles. The van der Waals surface area contributed by atoms with Crippen molar-refractivity contribution >= 4 is 34.8 Å². The molecule has 100 valence electrons. The minimum Gasteiger partial charge on any atom is -0.396 e. The van der Waals surface area contributed by atoms with E-state index >= 15 is 0 Å². The summed E-state index contributed by atoms with van der Waals surface area (Å²) in [6.45, 7) is 0.991. The van der Waals surface area contributed by atoms with Crippen LogP contribution in [0.3, 0.4) is 0 Å². The molecule has 0 aliphatic heterocycles. The van der Waals surface area contributed by atoms with Gasteiger partial charge in [0.1, 0.15) is 0 Å². The van der Waals surface area contributed by atoms with Gasteiger partial charge in [-0.2, -0.15) is 5.10 Å². The molecule has 1 heterocycles. The highest BCUT2D eigenvalue weighted by Crippen LogP contribution is 2.22. The topological polar surface area (TPSA) is 72.9 Å². The fraction of sp³-hybridized carbons (Fsp3) is 0.167. The summed E-state index contributed by atoms with van der Waals surface area (Å²) in [6, 6.07) is 4.74. The number of benzene rings is 1. The molecule has 19 heavy (non-hydrogen) atoms. The van der Waals surface area contributed by atoms with E-state index in [1.807, 2.05) is 0 Å². The van der Waals surface area contributed by atoms with Gasteiger partial charge in [0.25, 0.3) is 5.91 Å². The number of carbonyl (C=O) groups is 1. The second-order valence-corrected chi connectivity index (χ2v) is 4.74. The summed E-state index contributed by atoms with van der Waals surface area (Å²) < 4.78 is 1.66. The number of hydrogen-bond acceptors (Lipinski definition) is 3. The van der Waals surface area contributed by atoms with E-state index in [-0.39, 0.29) is 5.91 Å². The minimum atomic E-state index is -0.210. The largest absolute Gasteiger partial charge is 0.396 e. The van der Waals surface area contributed by atoms with Gasteiger partial charge < -0.3 is 11.1 Å². The molecule has 0 unspecified atom stereocenters. The predicted molar refractivity (Wildman–Crippen MR) is 75.4 cm³/mol. The van der Waals surface area contributed by atoms with E-state index in [1.165, 1.54) is 6.07 Å². The van der Waals surface area contributed by atoms with Gasteiger partial charge in [0, 0.05) is 18.3 Å². The van der Waals surface area contributed by atoms with Gasteiger partial charge >= 0.3 is 0 Å².